The number of amides is 1. The van der Waals surface area contributed by atoms with Gasteiger partial charge in [-0.1, -0.05) is 0 Å². The predicted molar refractivity (Wildman–Crippen MR) is 71.9 cm³/mol. The van der Waals surface area contributed by atoms with Crippen LogP contribution in [0.2, 0.25) is 0 Å². The number of hydrogen-bond donors (Lipinski definition) is 2. The van der Waals surface area contributed by atoms with Crippen LogP contribution in [-0.2, 0) is 4.79 Å². The summed E-state index contributed by atoms with van der Waals surface area (Å²) < 4.78 is 5.38. The lowest BCUT2D eigenvalue weighted by Crippen LogP contribution is -2.37. The first-order chi connectivity index (χ1) is 8.79. The third kappa shape index (κ3) is 3.39. The van der Waals surface area contributed by atoms with Gasteiger partial charge in [-0.05, 0) is 50.5 Å². The molecule has 0 aliphatic carbocycles. The highest BCUT2D eigenvalue weighted by Crippen LogP contribution is 2.18. The molecule has 1 atom stereocenters. The first-order valence-corrected chi connectivity index (χ1v) is 6.56. The molecule has 1 aliphatic rings. The summed E-state index contributed by atoms with van der Waals surface area (Å²) >= 11 is 0. The van der Waals surface area contributed by atoms with Crippen molar-refractivity contribution in [1.29, 1.82) is 0 Å². The molecular formula is C14H20N2O2. The third-order valence-electron chi connectivity index (χ3n) is 3.04. The normalized spacial score (nSPS) is 19.8. The average Bonchev–Trinajstić information content (AvgIpc) is 2.58. The van der Waals surface area contributed by atoms with E-state index in [2.05, 4.69) is 10.6 Å². The zero-order chi connectivity index (χ0) is 12.8. The van der Waals surface area contributed by atoms with Crippen molar-refractivity contribution in [3.8, 4) is 5.75 Å². The maximum Gasteiger partial charge on any atom is 0.242 e. The molecule has 2 rings (SSSR count). The monoisotopic (exact) mass is 248 g/mol. The van der Waals surface area contributed by atoms with Crippen molar-refractivity contribution in [2.75, 3.05) is 18.5 Å². The van der Waals surface area contributed by atoms with Crippen molar-refractivity contribution in [2.45, 2.75) is 32.2 Å². The number of nitrogens with one attached hydrogen (secondary N) is 2. The molecule has 0 aromatic heterocycles. The molecule has 0 saturated carbocycles. The van der Waals surface area contributed by atoms with Gasteiger partial charge in [0.15, 0.2) is 0 Å². The zero-order valence-electron chi connectivity index (χ0n) is 10.7. The van der Waals surface area contributed by atoms with E-state index in [9.17, 15) is 4.79 Å². The largest absolute Gasteiger partial charge is 0.494 e. The number of benzene rings is 1. The molecule has 1 aromatic carbocycles. The van der Waals surface area contributed by atoms with Crippen molar-refractivity contribution >= 4 is 11.6 Å². The van der Waals surface area contributed by atoms with Crippen LogP contribution >= 0.6 is 0 Å². The number of carbonyl (C=O) groups excluding carboxylic acids is 1. The van der Waals surface area contributed by atoms with Crippen LogP contribution in [0.4, 0.5) is 5.69 Å². The van der Waals surface area contributed by atoms with Crippen molar-refractivity contribution < 1.29 is 9.53 Å². The first kappa shape index (κ1) is 12.7. The lowest BCUT2D eigenvalue weighted by atomic mass is 10.1. The minimum absolute atomic E-state index is 0.0985. The van der Waals surface area contributed by atoms with Crippen LogP contribution < -0.4 is 15.4 Å². The van der Waals surface area contributed by atoms with E-state index in [1.807, 2.05) is 31.2 Å². The Morgan fingerprint density at radius 1 is 1.33 bits per heavy atom. The van der Waals surface area contributed by atoms with Gasteiger partial charge in [-0.3, -0.25) is 4.79 Å². The zero-order valence-corrected chi connectivity index (χ0v) is 10.7. The van der Waals surface area contributed by atoms with Crippen LogP contribution in [0.15, 0.2) is 24.3 Å². The second kappa shape index (κ2) is 6.28. The molecule has 0 spiro atoms. The minimum Gasteiger partial charge on any atom is -0.494 e. The molecule has 98 valence electrons. The average molecular weight is 248 g/mol. The van der Waals surface area contributed by atoms with E-state index in [4.69, 9.17) is 4.74 Å². The molecule has 1 aliphatic heterocycles. The molecular weight excluding hydrogens is 228 g/mol. The number of rotatable bonds is 4. The van der Waals surface area contributed by atoms with Gasteiger partial charge in [0, 0.05) is 12.2 Å². The van der Waals surface area contributed by atoms with Crippen LogP contribution in [0.25, 0.3) is 0 Å². The molecule has 4 heteroatoms. The summed E-state index contributed by atoms with van der Waals surface area (Å²) in [5.74, 6) is 0.953. The number of hydrogen-bond acceptors (Lipinski definition) is 3. The number of anilines is 1. The lowest BCUT2D eigenvalue weighted by molar-refractivity contribution is -0.121. The lowest BCUT2D eigenvalue weighted by Gasteiger charge is -2.16. The molecule has 1 heterocycles. The van der Waals surface area contributed by atoms with Crippen LogP contribution in [0.5, 0.6) is 5.75 Å². The molecule has 0 bridgehead atoms. The first-order valence-electron chi connectivity index (χ1n) is 6.56. The van der Waals surface area contributed by atoms with Gasteiger partial charge in [0.2, 0.25) is 5.91 Å². The summed E-state index contributed by atoms with van der Waals surface area (Å²) in [5.41, 5.74) is 0.959. The standard InChI is InChI=1S/C14H20N2O2/c1-2-18-12-8-6-11(7-9-12)16-13-5-3-4-10-15-14(13)17/h6-9,13,16H,2-5,10H2,1H3,(H,15,17)/t13-/m1/s1. The maximum absolute atomic E-state index is 11.8. The molecule has 1 fully saturated rings. The smallest absolute Gasteiger partial charge is 0.242 e. The van der Waals surface area contributed by atoms with Gasteiger partial charge >= 0.3 is 0 Å². The van der Waals surface area contributed by atoms with E-state index >= 15 is 0 Å². The molecule has 1 aromatic rings. The van der Waals surface area contributed by atoms with E-state index < -0.39 is 0 Å². The highest BCUT2D eigenvalue weighted by atomic mass is 16.5. The Bertz CT molecular complexity index is 389. The summed E-state index contributed by atoms with van der Waals surface area (Å²) in [4.78, 5) is 11.8. The van der Waals surface area contributed by atoms with Crippen LogP contribution in [0, 0.1) is 0 Å². The summed E-state index contributed by atoms with van der Waals surface area (Å²) in [5, 5.41) is 6.19. The molecule has 1 saturated heterocycles. The topological polar surface area (TPSA) is 50.4 Å². The second-order valence-electron chi connectivity index (χ2n) is 4.44. The highest BCUT2D eigenvalue weighted by Gasteiger charge is 2.19. The quantitative estimate of drug-likeness (QED) is 0.858. The summed E-state index contributed by atoms with van der Waals surface area (Å²) in [6, 6.07) is 7.61. The van der Waals surface area contributed by atoms with Gasteiger partial charge in [0.1, 0.15) is 11.8 Å². The SMILES string of the molecule is CCOc1ccc(N[C@@H]2CCCCNC2=O)cc1. The van der Waals surface area contributed by atoms with E-state index in [-0.39, 0.29) is 11.9 Å². The fraction of sp³-hybridized carbons (Fsp3) is 0.500. The van der Waals surface area contributed by atoms with Crippen molar-refractivity contribution in [1.82, 2.24) is 5.32 Å². The maximum atomic E-state index is 11.8. The van der Waals surface area contributed by atoms with Crippen molar-refractivity contribution in [3.05, 3.63) is 24.3 Å². The van der Waals surface area contributed by atoms with Crippen LogP contribution in [0.3, 0.4) is 0 Å². The molecule has 18 heavy (non-hydrogen) atoms. The molecule has 4 nitrogen and oxygen atoms in total. The third-order valence-corrected chi connectivity index (χ3v) is 3.04. The fourth-order valence-corrected chi connectivity index (χ4v) is 2.09. The molecule has 1 amide bonds. The van der Waals surface area contributed by atoms with Gasteiger partial charge in [0.05, 0.1) is 6.61 Å². The van der Waals surface area contributed by atoms with Gasteiger partial charge < -0.3 is 15.4 Å². The Balaban J connectivity index is 1.97. The summed E-state index contributed by atoms with van der Waals surface area (Å²) in [6.45, 7) is 3.42. The predicted octanol–water partition coefficient (Wildman–Crippen LogP) is 2.17. The van der Waals surface area contributed by atoms with Gasteiger partial charge in [0.25, 0.3) is 0 Å². The second-order valence-corrected chi connectivity index (χ2v) is 4.44. The Kier molecular flexibility index (Phi) is 4.45. The van der Waals surface area contributed by atoms with Gasteiger partial charge in [-0.15, -0.1) is 0 Å². The Hall–Kier alpha value is -1.71. The number of carbonyl (C=O) groups is 1. The van der Waals surface area contributed by atoms with Crippen LogP contribution in [0.1, 0.15) is 26.2 Å². The Morgan fingerprint density at radius 3 is 2.83 bits per heavy atom. The van der Waals surface area contributed by atoms with Crippen molar-refractivity contribution in [3.63, 3.8) is 0 Å². The minimum atomic E-state index is -0.120. The molecule has 2 N–H and O–H groups in total. The summed E-state index contributed by atoms with van der Waals surface area (Å²) in [7, 11) is 0. The van der Waals surface area contributed by atoms with E-state index in [1.54, 1.807) is 0 Å². The molecule has 0 unspecified atom stereocenters. The van der Waals surface area contributed by atoms with E-state index in [1.165, 1.54) is 0 Å². The van der Waals surface area contributed by atoms with Gasteiger partial charge in [-0.25, -0.2) is 0 Å². The van der Waals surface area contributed by atoms with Crippen molar-refractivity contribution in [2.24, 2.45) is 0 Å². The van der Waals surface area contributed by atoms with E-state index in [0.29, 0.717) is 6.61 Å². The molecule has 0 radical (unpaired) electrons. The summed E-state index contributed by atoms with van der Waals surface area (Å²) in [6.07, 6.45) is 3.03. The van der Waals surface area contributed by atoms with E-state index in [0.717, 1.165) is 37.2 Å². The van der Waals surface area contributed by atoms with Gasteiger partial charge in [-0.2, -0.15) is 0 Å². The van der Waals surface area contributed by atoms with Crippen LogP contribution in [-0.4, -0.2) is 25.1 Å². The number of ether oxygens (including phenoxy) is 1. The Labute approximate surface area is 108 Å². The Morgan fingerprint density at radius 2 is 2.11 bits per heavy atom. The fourth-order valence-electron chi connectivity index (χ4n) is 2.09. The highest BCUT2D eigenvalue weighted by molar-refractivity contribution is 5.84.